The van der Waals surface area contributed by atoms with Gasteiger partial charge < -0.3 is 24.6 Å². The number of rotatable bonds is 10. The number of nitrogens with zero attached hydrogens (tertiary/aromatic N) is 4. The Bertz CT molecular complexity index is 1100. The average molecular weight is 526 g/mol. The molecule has 0 bridgehead atoms. The number of ether oxygens (including phenoxy) is 2. The van der Waals surface area contributed by atoms with Crippen LogP contribution >= 0.6 is 12.2 Å². The van der Waals surface area contributed by atoms with Gasteiger partial charge in [0.05, 0.1) is 25.8 Å². The van der Waals surface area contributed by atoms with Crippen molar-refractivity contribution in [2.45, 2.75) is 19.4 Å². The first-order valence-electron chi connectivity index (χ1n) is 12.6. The van der Waals surface area contributed by atoms with E-state index in [9.17, 15) is 9.59 Å². The van der Waals surface area contributed by atoms with E-state index in [0.717, 1.165) is 38.5 Å². The molecule has 1 unspecified atom stereocenters. The van der Waals surface area contributed by atoms with E-state index in [-0.39, 0.29) is 18.2 Å². The third kappa shape index (κ3) is 6.57. The number of thiocarbonyl (C=S) groups is 1. The fourth-order valence-corrected chi connectivity index (χ4v) is 5.00. The molecule has 2 aromatic carbocycles. The number of carbonyl (C=O) groups is 2. The van der Waals surface area contributed by atoms with Crippen molar-refractivity contribution in [3.63, 3.8) is 0 Å². The fourth-order valence-electron chi connectivity index (χ4n) is 4.58. The van der Waals surface area contributed by atoms with E-state index in [1.165, 1.54) is 4.90 Å². The average Bonchev–Trinajstić information content (AvgIpc) is 3.13. The van der Waals surface area contributed by atoms with E-state index < -0.39 is 6.04 Å². The number of amides is 2. The Hall–Kier alpha value is -3.21. The number of benzene rings is 2. The van der Waals surface area contributed by atoms with Crippen LogP contribution in [0.25, 0.3) is 0 Å². The molecule has 2 fully saturated rings. The third-order valence-corrected chi connectivity index (χ3v) is 7.13. The molecule has 10 heteroatoms. The molecule has 0 aromatic heterocycles. The van der Waals surface area contributed by atoms with Crippen molar-refractivity contribution in [2.75, 3.05) is 70.2 Å². The van der Waals surface area contributed by atoms with Gasteiger partial charge in [0.15, 0.2) is 5.11 Å². The molecule has 0 aliphatic carbocycles. The van der Waals surface area contributed by atoms with Crippen LogP contribution in [0.15, 0.2) is 48.5 Å². The van der Waals surface area contributed by atoms with E-state index in [2.05, 4.69) is 22.2 Å². The molecule has 2 heterocycles. The Labute approximate surface area is 223 Å². The number of piperazine rings is 1. The van der Waals surface area contributed by atoms with Crippen molar-refractivity contribution in [3.05, 3.63) is 48.5 Å². The van der Waals surface area contributed by atoms with Crippen LogP contribution in [0.3, 0.4) is 0 Å². The highest BCUT2D eigenvalue weighted by Gasteiger charge is 2.44. The quantitative estimate of drug-likeness (QED) is 0.475. The number of anilines is 2. The first-order chi connectivity index (χ1) is 17.9. The van der Waals surface area contributed by atoms with Crippen LogP contribution in [0.5, 0.6) is 11.5 Å². The predicted molar refractivity (Wildman–Crippen MR) is 148 cm³/mol. The first kappa shape index (κ1) is 26.8. The van der Waals surface area contributed by atoms with E-state index in [1.54, 1.807) is 25.3 Å². The number of hydrogen-bond donors (Lipinski definition) is 1. The maximum absolute atomic E-state index is 13.7. The highest BCUT2D eigenvalue weighted by Crippen LogP contribution is 2.30. The van der Waals surface area contributed by atoms with Crippen molar-refractivity contribution in [3.8, 4) is 11.5 Å². The monoisotopic (exact) mass is 525 g/mol. The summed E-state index contributed by atoms with van der Waals surface area (Å²) in [6.45, 7) is 7.77. The lowest BCUT2D eigenvalue weighted by molar-refractivity contribution is -0.124. The zero-order valence-corrected chi connectivity index (χ0v) is 22.5. The lowest BCUT2D eigenvalue weighted by Gasteiger charge is -2.34. The van der Waals surface area contributed by atoms with Gasteiger partial charge in [-0.2, -0.15) is 0 Å². The standard InChI is InChI=1S/C27H35N5O4S/c1-4-36-22-10-8-20(9-11-22)28-25(33)19-24-26(34)32(21-6-5-7-23(18-21)35-3)27(37)31(24)17-16-30-14-12-29(2)13-15-30/h5-11,18,24H,4,12-17,19H2,1-3H3,(H,28,33). The molecule has 4 rings (SSSR count). The zero-order chi connectivity index (χ0) is 26.4. The van der Waals surface area contributed by atoms with Gasteiger partial charge in [-0.25, -0.2) is 0 Å². The minimum atomic E-state index is -0.686. The van der Waals surface area contributed by atoms with E-state index >= 15 is 0 Å². The molecule has 0 spiro atoms. The van der Waals surface area contributed by atoms with E-state index in [1.807, 2.05) is 42.2 Å². The van der Waals surface area contributed by atoms with Gasteiger partial charge in [0.2, 0.25) is 5.91 Å². The van der Waals surface area contributed by atoms with Crippen LogP contribution in [0.4, 0.5) is 11.4 Å². The number of methoxy groups -OCH3 is 1. The topological polar surface area (TPSA) is 77.6 Å². The molecule has 37 heavy (non-hydrogen) atoms. The first-order valence-corrected chi connectivity index (χ1v) is 13.0. The molecule has 2 saturated heterocycles. The summed E-state index contributed by atoms with van der Waals surface area (Å²) in [4.78, 5) is 34.8. The van der Waals surface area contributed by atoms with Gasteiger partial charge in [0.25, 0.3) is 5.91 Å². The van der Waals surface area contributed by atoms with Crippen molar-refractivity contribution in [1.29, 1.82) is 0 Å². The van der Waals surface area contributed by atoms with Crippen LogP contribution in [0, 0.1) is 0 Å². The number of hydrogen-bond acceptors (Lipinski definition) is 7. The largest absolute Gasteiger partial charge is 0.497 e. The minimum absolute atomic E-state index is 0.00457. The van der Waals surface area contributed by atoms with Gasteiger partial charge in [-0.1, -0.05) is 6.07 Å². The molecule has 0 saturated carbocycles. The lowest BCUT2D eigenvalue weighted by atomic mass is 10.1. The van der Waals surface area contributed by atoms with Crippen LogP contribution in [0.2, 0.25) is 0 Å². The molecule has 1 atom stereocenters. The van der Waals surface area contributed by atoms with Crippen LogP contribution in [-0.4, -0.2) is 97.7 Å². The Balaban J connectivity index is 1.49. The van der Waals surface area contributed by atoms with Gasteiger partial charge in [0.1, 0.15) is 17.5 Å². The van der Waals surface area contributed by atoms with Gasteiger partial charge in [0, 0.05) is 51.0 Å². The summed E-state index contributed by atoms with van der Waals surface area (Å²) >= 11 is 5.80. The van der Waals surface area contributed by atoms with Gasteiger partial charge in [-0.15, -0.1) is 0 Å². The molecule has 0 radical (unpaired) electrons. The molecule has 2 aliphatic rings. The zero-order valence-electron chi connectivity index (χ0n) is 21.7. The molecule has 9 nitrogen and oxygen atoms in total. The van der Waals surface area contributed by atoms with Crippen LogP contribution < -0.4 is 19.7 Å². The van der Waals surface area contributed by atoms with E-state index in [0.29, 0.717) is 35.4 Å². The summed E-state index contributed by atoms with van der Waals surface area (Å²) in [5.41, 5.74) is 1.28. The molecule has 2 aromatic rings. The van der Waals surface area contributed by atoms with Crippen molar-refractivity contribution < 1.29 is 19.1 Å². The second kappa shape index (κ2) is 12.4. The Morgan fingerprint density at radius 2 is 1.78 bits per heavy atom. The molecule has 1 N–H and O–H groups in total. The van der Waals surface area contributed by atoms with Crippen molar-refractivity contribution >= 4 is 40.5 Å². The Morgan fingerprint density at radius 1 is 1.05 bits per heavy atom. The van der Waals surface area contributed by atoms with Gasteiger partial charge >= 0.3 is 0 Å². The predicted octanol–water partition coefficient (Wildman–Crippen LogP) is 2.67. The second-order valence-electron chi connectivity index (χ2n) is 9.22. The highest BCUT2D eigenvalue weighted by molar-refractivity contribution is 7.80. The summed E-state index contributed by atoms with van der Waals surface area (Å²) in [6, 6.07) is 13.8. The van der Waals surface area contributed by atoms with Crippen LogP contribution in [0.1, 0.15) is 13.3 Å². The minimum Gasteiger partial charge on any atom is -0.497 e. The van der Waals surface area contributed by atoms with Crippen molar-refractivity contribution in [1.82, 2.24) is 14.7 Å². The van der Waals surface area contributed by atoms with Gasteiger partial charge in [-0.3, -0.25) is 19.4 Å². The van der Waals surface area contributed by atoms with E-state index in [4.69, 9.17) is 21.7 Å². The Morgan fingerprint density at radius 3 is 2.46 bits per heavy atom. The molecular weight excluding hydrogens is 490 g/mol. The SMILES string of the molecule is CCOc1ccc(NC(=O)CC2C(=O)N(c3cccc(OC)c3)C(=S)N2CCN2CCN(C)CC2)cc1. The molecular formula is C27H35N5O4S. The van der Waals surface area contributed by atoms with Crippen LogP contribution in [-0.2, 0) is 9.59 Å². The van der Waals surface area contributed by atoms with Crippen molar-refractivity contribution in [2.24, 2.45) is 0 Å². The fraction of sp³-hybridized carbons (Fsp3) is 0.444. The third-order valence-electron chi connectivity index (χ3n) is 6.71. The van der Waals surface area contributed by atoms with Gasteiger partial charge in [-0.05, 0) is 62.6 Å². The number of nitrogens with one attached hydrogen (secondary N) is 1. The Kier molecular flexibility index (Phi) is 8.96. The summed E-state index contributed by atoms with van der Waals surface area (Å²) < 4.78 is 10.8. The normalized spacial score (nSPS) is 18.8. The second-order valence-corrected chi connectivity index (χ2v) is 9.59. The summed E-state index contributed by atoms with van der Waals surface area (Å²) in [5, 5.41) is 3.31. The summed E-state index contributed by atoms with van der Waals surface area (Å²) in [6.07, 6.45) is -0.00457. The molecule has 198 valence electrons. The molecule has 2 amide bonds. The molecule has 2 aliphatic heterocycles. The summed E-state index contributed by atoms with van der Waals surface area (Å²) in [7, 11) is 3.70. The maximum Gasteiger partial charge on any atom is 0.256 e. The summed E-state index contributed by atoms with van der Waals surface area (Å²) in [5.74, 6) is 0.912. The lowest BCUT2D eigenvalue weighted by Crippen LogP contribution is -2.48. The maximum atomic E-state index is 13.7. The highest BCUT2D eigenvalue weighted by atomic mass is 32.1. The smallest absolute Gasteiger partial charge is 0.256 e. The number of carbonyl (C=O) groups excluding carboxylic acids is 2. The number of likely N-dealkylation sites (N-methyl/N-ethyl adjacent to an activating group) is 1.